The fourth-order valence-corrected chi connectivity index (χ4v) is 7.15. The number of hydrogen-bond donors (Lipinski definition) is 0. The summed E-state index contributed by atoms with van der Waals surface area (Å²) in [5.41, 5.74) is 1.79. The summed E-state index contributed by atoms with van der Waals surface area (Å²) in [6, 6.07) is 15.5. The molecule has 2 rings (SSSR count). The Bertz CT molecular complexity index is 1210. The molecular weight excluding hydrogens is 733 g/mol. The molecule has 0 aliphatic carbocycles. The number of ether oxygens (including phenoxy) is 4. The Labute approximate surface area is 361 Å². The number of rotatable bonds is 40. The standard InChI is InChI=1S/C53H84O6/c1-3-5-7-9-11-13-15-17-19-21-23-25-27-29-44-56-50-38-32-48(33-39-50)36-42-52(54)58-46-31-47-59-53(55)43-37-49-34-40-51(41-35-49)57-45-30-28-26-24-22-20-18-16-14-12-10-8-6-4-2/h32-43H,3-31,44-47H2,1-2H3/b42-36+,43-37+. The quantitative estimate of drug-likeness (QED) is 0.0379. The van der Waals surface area contributed by atoms with E-state index in [1.807, 2.05) is 48.5 Å². The van der Waals surface area contributed by atoms with E-state index >= 15 is 0 Å². The van der Waals surface area contributed by atoms with Crippen LogP contribution >= 0.6 is 0 Å². The lowest BCUT2D eigenvalue weighted by Gasteiger charge is -2.07. The van der Waals surface area contributed by atoms with Crippen molar-refractivity contribution in [2.75, 3.05) is 26.4 Å². The smallest absolute Gasteiger partial charge is 0.330 e. The lowest BCUT2D eigenvalue weighted by atomic mass is 10.0. The van der Waals surface area contributed by atoms with Crippen LogP contribution in [0.5, 0.6) is 11.5 Å². The first kappa shape index (κ1) is 51.6. The van der Waals surface area contributed by atoms with Gasteiger partial charge in [0.2, 0.25) is 0 Å². The van der Waals surface area contributed by atoms with Gasteiger partial charge in [-0.3, -0.25) is 0 Å². The van der Waals surface area contributed by atoms with Gasteiger partial charge in [0, 0.05) is 18.6 Å². The van der Waals surface area contributed by atoms with Gasteiger partial charge in [-0.1, -0.05) is 205 Å². The highest BCUT2D eigenvalue weighted by atomic mass is 16.5. The molecule has 0 fully saturated rings. The van der Waals surface area contributed by atoms with Crippen LogP contribution in [0, 0.1) is 0 Å². The first-order chi connectivity index (χ1) is 29.1. The molecule has 0 radical (unpaired) electrons. The summed E-state index contributed by atoms with van der Waals surface area (Å²) >= 11 is 0. The van der Waals surface area contributed by atoms with Crippen molar-refractivity contribution in [2.45, 2.75) is 200 Å². The van der Waals surface area contributed by atoms with Gasteiger partial charge in [-0.2, -0.15) is 0 Å². The molecule has 0 spiro atoms. The van der Waals surface area contributed by atoms with Gasteiger partial charge < -0.3 is 18.9 Å². The van der Waals surface area contributed by atoms with E-state index in [0.717, 1.165) is 48.7 Å². The van der Waals surface area contributed by atoms with Gasteiger partial charge in [0.05, 0.1) is 26.4 Å². The predicted octanol–water partition coefficient (Wildman–Crippen LogP) is 15.6. The molecule has 0 aromatic heterocycles. The number of unbranched alkanes of at least 4 members (excludes halogenated alkanes) is 26. The third-order valence-electron chi connectivity index (χ3n) is 10.9. The van der Waals surface area contributed by atoms with E-state index in [2.05, 4.69) is 13.8 Å². The number of benzene rings is 2. The van der Waals surface area contributed by atoms with Crippen LogP contribution in [0.4, 0.5) is 0 Å². The van der Waals surface area contributed by atoms with Crippen molar-refractivity contribution >= 4 is 24.1 Å². The second kappa shape index (κ2) is 38.6. The molecule has 6 nitrogen and oxygen atoms in total. The number of carbonyl (C=O) groups is 2. The monoisotopic (exact) mass is 817 g/mol. The van der Waals surface area contributed by atoms with Crippen LogP contribution in [0.15, 0.2) is 60.7 Å². The van der Waals surface area contributed by atoms with Crippen LogP contribution in [-0.4, -0.2) is 38.4 Å². The topological polar surface area (TPSA) is 71.1 Å². The average Bonchev–Trinajstić information content (AvgIpc) is 3.25. The second-order valence-electron chi connectivity index (χ2n) is 16.4. The van der Waals surface area contributed by atoms with E-state index in [4.69, 9.17) is 18.9 Å². The second-order valence-corrected chi connectivity index (χ2v) is 16.4. The molecule has 0 amide bonds. The molecule has 6 heteroatoms. The Morgan fingerprint density at radius 1 is 0.356 bits per heavy atom. The molecule has 0 saturated heterocycles. The minimum Gasteiger partial charge on any atom is -0.494 e. The van der Waals surface area contributed by atoms with Crippen molar-refractivity contribution in [2.24, 2.45) is 0 Å². The molecule has 332 valence electrons. The van der Waals surface area contributed by atoms with Crippen LogP contribution in [0.1, 0.15) is 211 Å². The predicted molar refractivity (Wildman–Crippen MR) is 249 cm³/mol. The summed E-state index contributed by atoms with van der Waals surface area (Å²) in [4.78, 5) is 24.3. The first-order valence-corrected chi connectivity index (χ1v) is 24.3. The van der Waals surface area contributed by atoms with E-state index in [0.29, 0.717) is 6.42 Å². The maximum absolute atomic E-state index is 12.2. The molecule has 0 unspecified atom stereocenters. The molecule has 0 aliphatic heterocycles. The maximum Gasteiger partial charge on any atom is 0.330 e. The van der Waals surface area contributed by atoms with Gasteiger partial charge in [-0.05, 0) is 60.4 Å². The van der Waals surface area contributed by atoms with Gasteiger partial charge in [-0.15, -0.1) is 0 Å². The lowest BCUT2D eigenvalue weighted by Crippen LogP contribution is -2.08. The molecular formula is C53H84O6. The highest BCUT2D eigenvalue weighted by molar-refractivity contribution is 5.87. The highest BCUT2D eigenvalue weighted by Gasteiger charge is 2.02. The van der Waals surface area contributed by atoms with Gasteiger partial charge in [0.25, 0.3) is 0 Å². The summed E-state index contributed by atoms with van der Waals surface area (Å²) in [7, 11) is 0. The third kappa shape index (κ3) is 32.0. The molecule has 0 bridgehead atoms. The third-order valence-corrected chi connectivity index (χ3v) is 10.9. The van der Waals surface area contributed by atoms with Crippen molar-refractivity contribution in [1.82, 2.24) is 0 Å². The number of carbonyl (C=O) groups excluding carboxylic acids is 2. The molecule has 0 heterocycles. The Balaban J connectivity index is 1.41. The van der Waals surface area contributed by atoms with Gasteiger partial charge in [-0.25, -0.2) is 9.59 Å². The Morgan fingerprint density at radius 2 is 0.627 bits per heavy atom. The van der Waals surface area contributed by atoms with E-state index in [-0.39, 0.29) is 13.2 Å². The molecule has 0 saturated carbocycles. The average molecular weight is 817 g/mol. The Kier molecular flexibility index (Phi) is 33.8. The van der Waals surface area contributed by atoms with E-state index in [1.165, 1.54) is 179 Å². The summed E-state index contributed by atoms with van der Waals surface area (Å²) in [6.07, 6.45) is 44.4. The molecule has 2 aromatic rings. The molecule has 0 atom stereocenters. The molecule has 0 aliphatic rings. The zero-order chi connectivity index (χ0) is 42.1. The maximum atomic E-state index is 12.2. The minimum absolute atomic E-state index is 0.174. The van der Waals surface area contributed by atoms with Crippen LogP contribution in [0.25, 0.3) is 12.2 Å². The minimum atomic E-state index is -0.429. The highest BCUT2D eigenvalue weighted by Crippen LogP contribution is 2.18. The van der Waals surface area contributed by atoms with E-state index in [9.17, 15) is 9.59 Å². The van der Waals surface area contributed by atoms with Crippen molar-refractivity contribution in [3.63, 3.8) is 0 Å². The van der Waals surface area contributed by atoms with Gasteiger partial charge in [0.15, 0.2) is 0 Å². The largest absolute Gasteiger partial charge is 0.494 e. The molecule has 59 heavy (non-hydrogen) atoms. The summed E-state index contributed by atoms with van der Waals surface area (Å²) in [6.45, 7) is 6.36. The van der Waals surface area contributed by atoms with Crippen LogP contribution in [0.3, 0.4) is 0 Å². The molecule has 2 aromatic carbocycles. The first-order valence-electron chi connectivity index (χ1n) is 24.3. The van der Waals surface area contributed by atoms with Crippen LogP contribution in [-0.2, 0) is 19.1 Å². The summed E-state index contributed by atoms with van der Waals surface area (Å²) < 4.78 is 22.3. The lowest BCUT2D eigenvalue weighted by molar-refractivity contribution is -0.140. The van der Waals surface area contributed by atoms with Crippen LogP contribution < -0.4 is 9.47 Å². The van der Waals surface area contributed by atoms with E-state index in [1.54, 1.807) is 12.2 Å². The Hall–Kier alpha value is -3.54. The SMILES string of the molecule is CCCCCCCCCCCCCCCCOc1ccc(/C=C/C(=O)OCCCOC(=O)/C=C/c2ccc(OCCCCCCCCCCCCCCCC)cc2)cc1. The van der Waals surface area contributed by atoms with Gasteiger partial charge >= 0.3 is 11.9 Å². The van der Waals surface area contributed by atoms with Crippen molar-refractivity contribution in [3.05, 3.63) is 71.8 Å². The summed E-state index contributed by atoms with van der Waals surface area (Å²) in [5.74, 6) is 0.830. The fraction of sp³-hybridized carbons (Fsp3) is 0.660. The summed E-state index contributed by atoms with van der Waals surface area (Å²) in [5, 5.41) is 0. The van der Waals surface area contributed by atoms with Crippen molar-refractivity contribution in [1.29, 1.82) is 0 Å². The van der Waals surface area contributed by atoms with Crippen molar-refractivity contribution < 1.29 is 28.5 Å². The molecule has 0 N–H and O–H groups in total. The van der Waals surface area contributed by atoms with Crippen molar-refractivity contribution in [3.8, 4) is 11.5 Å². The van der Waals surface area contributed by atoms with E-state index < -0.39 is 11.9 Å². The van der Waals surface area contributed by atoms with Crippen LogP contribution in [0.2, 0.25) is 0 Å². The zero-order valence-corrected chi connectivity index (χ0v) is 37.7. The number of hydrogen-bond acceptors (Lipinski definition) is 6. The van der Waals surface area contributed by atoms with Gasteiger partial charge in [0.1, 0.15) is 11.5 Å². The zero-order valence-electron chi connectivity index (χ0n) is 37.7. The normalized spacial score (nSPS) is 11.4. The number of esters is 2. The fourth-order valence-electron chi connectivity index (χ4n) is 7.15. The Morgan fingerprint density at radius 3 is 0.915 bits per heavy atom.